The lowest BCUT2D eigenvalue weighted by atomic mass is 10.1. The molecular weight excluding hydrogens is 526 g/mol. The summed E-state index contributed by atoms with van der Waals surface area (Å²) in [6, 6.07) is 13.9. The van der Waals surface area contributed by atoms with Gasteiger partial charge in [-0.3, -0.25) is 19.0 Å². The highest BCUT2D eigenvalue weighted by Crippen LogP contribution is 2.23. The van der Waals surface area contributed by atoms with Gasteiger partial charge in [-0.15, -0.1) is 11.3 Å². The Balaban J connectivity index is 1.29. The van der Waals surface area contributed by atoms with Crippen LogP contribution in [0.15, 0.2) is 65.6 Å². The smallest absolute Gasteiger partial charge is 0.317 e. The number of rotatable bonds is 6. The first-order valence-electron chi connectivity index (χ1n) is 12.6. The van der Waals surface area contributed by atoms with E-state index < -0.39 is 12.1 Å². The number of hydrogen-bond donors (Lipinski definition) is 3. The molecule has 1 aliphatic heterocycles. The Kier molecular flexibility index (Phi) is 7.80. The number of carbonyl (C=O) groups excluding carboxylic acids is 3. The van der Waals surface area contributed by atoms with Crippen LogP contribution in [0.3, 0.4) is 0 Å². The predicted molar refractivity (Wildman–Crippen MR) is 146 cm³/mol. The number of amides is 4. The topological polar surface area (TPSA) is 113 Å². The van der Waals surface area contributed by atoms with Gasteiger partial charge in [0.1, 0.15) is 0 Å². The summed E-state index contributed by atoms with van der Waals surface area (Å²) in [5, 5.41) is 9.04. The van der Waals surface area contributed by atoms with Crippen molar-refractivity contribution < 1.29 is 14.4 Å². The van der Waals surface area contributed by atoms with Crippen molar-refractivity contribution in [3.05, 3.63) is 85.9 Å². The van der Waals surface area contributed by atoms with Gasteiger partial charge in [0.25, 0.3) is 17.4 Å². The van der Waals surface area contributed by atoms with Crippen LogP contribution in [0.4, 0.5) is 4.79 Å². The maximum absolute atomic E-state index is 13.1. The molecule has 3 N–H and O–H groups in total. The summed E-state index contributed by atoms with van der Waals surface area (Å²) < 4.78 is 1.99. The lowest BCUT2D eigenvalue weighted by Gasteiger charge is -2.20. The molecule has 1 aromatic carbocycles. The van der Waals surface area contributed by atoms with E-state index in [-0.39, 0.29) is 42.5 Å². The maximum Gasteiger partial charge on any atom is 0.317 e. The third kappa shape index (κ3) is 5.92. The van der Waals surface area contributed by atoms with Gasteiger partial charge in [-0.2, -0.15) is 0 Å². The lowest BCUT2D eigenvalue weighted by Crippen LogP contribution is -2.50. The zero-order valence-corrected chi connectivity index (χ0v) is 22.1. The van der Waals surface area contributed by atoms with E-state index in [1.807, 2.05) is 0 Å². The molecule has 3 heterocycles. The summed E-state index contributed by atoms with van der Waals surface area (Å²) in [4.78, 5) is 53.1. The van der Waals surface area contributed by atoms with Crippen molar-refractivity contribution in [2.45, 2.75) is 43.8 Å². The Morgan fingerprint density at radius 2 is 1.53 bits per heavy atom. The minimum Gasteiger partial charge on any atom is -0.345 e. The molecule has 2 fully saturated rings. The second-order valence-corrected chi connectivity index (χ2v) is 11.3. The number of benzene rings is 1. The third-order valence-electron chi connectivity index (χ3n) is 6.95. The van der Waals surface area contributed by atoms with Gasteiger partial charge < -0.3 is 20.9 Å². The number of nitrogens with zero attached hydrogens (tertiary/aromatic N) is 2. The van der Waals surface area contributed by atoms with Gasteiger partial charge in [-0.05, 0) is 55.3 Å². The molecule has 5 rings (SSSR count). The molecule has 1 saturated carbocycles. The van der Waals surface area contributed by atoms with E-state index in [1.165, 1.54) is 22.0 Å². The molecule has 1 saturated heterocycles. The predicted octanol–water partition coefficient (Wildman–Crippen LogP) is 3.42. The van der Waals surface area contributed by atoms with E-state index in [9.17, 15) is 19.2 Å². The number of nitrogens with one attached hydrogen (secondary N) is 3. The number of hydrogen-bond acceptors (Lipinski definition) is 5. The molecule has 198 valence electrons. The Morgan fingerprint density at radius 3 is 2.16 bits per heavy atom. The second-order valence-electron chi connectivity index (χ2n) is 9.56. The van der Waals surface area contributed by atoms with E-state index in [1.54, 1.807) is 59.6 Å². The minimum atomic E-state index is -0.493. The monoisotopic (exact) mass is 553 g/mol. The van der Waals surface area contributed by atoms with Crippen LogP contribution >= 0.6 is 22.9 Å². The van der Waals surface area contributed by atoms with Crippen molar-refractivity contribution in [1.29, 1.82) is 0 Å². The van der Waals surface area contributed by atoms with Crippen LogP contribution in [0.25, 0.3) is 5.69 Å². The normalized spacial score (nSPS) is 19.3. The molecule has 0 spiro atoms. The quantitative estimate of drug-likeness (QED) is 0.434. The summed E-state index contributed by atoms with van der Waals surface area (Å²) in [5.41, 5.74) is 0.876. The van der Waals surface area contributed by atoms with Gasteiger partial charge in [0, 0.05) is 42.6 Å². The van der Waals surface area contributed by atoms with Crippen LogP contribution < -0.4 is 21.5 Å². The Bertz CT molecular complexity index is 1380. The average Bonchev–Trinajstić information content (AvgIpc) is 3.67. The number of carbonyl (C=O) groups is 3. The van der Waals surface area contributed by atoms with E-state index in [4.69, 9.17) is 11.6 Å². The standard InChI is InChI=1S/C27H28ClN5O4S/c28-23-13-12-22(38-23)26(36)31-21-16-32(27(37)29-18-5-1-2-6-18)15-20(21)30-25(35)17-8-10-19(11-9-17)33-14-4-3-7-24(33)34/h3-4,7-14,18,20-21H,1-2,5-6,15-16H2,(H,29,37)(H,30,35)(H,31,36)/t20-,21+/m0/s1. The van der Waals surface area contributed by atoms with Crippen LogP contribution in [0.1, 0.15) is 45.7 Å². The Labute approximate surface area is 228 Å². The first-order valence-corrected chi connectivity index (χ1v) is 13.8. The van der Waals surface area contributed by atoms with Gasteiger partial charge in [-0.25, -0.2) is 4.79 Å². The van der Waals surface area contributed by atoms with Crippen LogP contribution in [-0.2, 0) is 0 Å². The van der Waals surface area contributed by atoms with Gasteiger partial charge in [0.05, 0.1) is 21.3 Å². The van der Waals surface area contributed by atoms with Crippen molar-refractivity contribution in [3.63, 3.8) is 0 Å². The number of aromatic nitrogens is 1. The number of pyridine rings is 1. The van der Waals surface area contributed by atoms with E-state index >= 15 is 0 Å². The molecule has 0 unspecified atom stereocenters. The van der Waals surface area contributed by atoms with Crippen LogP contribution in [0.2, 0.25) is 4.34 Å². The molecule has 2 aliphatic rings. The summed E-state index contributed by atoms with van der Waals surface area (Å²) in [6.07, 6.45) is 5.79. The molecule has 4 amide bonds. The number of likely N-dealkylation sites (tertiary alicyclic amines) is 1. The highest BCUT2D eigenvalue weighted by Gasteiger charge is 2.38. The minimum absolute atomic E-state index is 0.160. The van der Waals surface area contributed by atoms with Crippen molar-refractivity contribution in [1.82, 2.24) is 25.4 Å². The summed E-state index contributed by atoms with van der Waals surface area (Å²) >= 11 is 7.16. The first kappa shape index (κ1) is 26.0. The van der Waals surface area contributed by atoms with E-state index in [0.29, 0.717) is 20.5 Å². The Hall–Kier alpha value is -3.63. The van der Waals surface area contributed by atoms with Crippen LogP contribution in [0.5, 0.6) is 0 Å². The third-order valence-corrected chi connectivity index (χ3v) is 8.18. The molecule has 11 heteroatoms. The SMILES string of the molecule is O=C(N[C@H]1CN(C(=O)NC2CCCC2)C[C@H]1NC(=O)c1ccc(Cl)s1)c1ccc(-n2ccccc2=O)cc1. The average molecular weight is 554 g/mol. The molecule has 9 nitrogen and oxygen atoms in total. The molecule has 0 bridgehead atoms. The van der Waals surface area contributed by atoms with Crippen molar-refractivity contribution >= 4 is 40.8 Å². The molecule has 3 aromatic rings. The molecule has 38 heavy (non-hydrogen) atoms. The molecule has 1 aliphatic carbocycles. The van der Waals surface area contributed by atoms with Crippen molar-refractivity contribution in [3.8, 4) is 5.69 Å². The highest BCUT2D eigenvalue weighted by atomic mass is 35.5. The number of halogens is 1. The second kappa shape index (κ2) is 11.4. The zero-order valence-electron chi connectivity index (χ0n) is 20.6. The van der Waals surface area contributed by atoms with Crippen molar-refractivity contribution in [2.24, 2.45) is 0 Å². The zero-order chi connectivity index (χ0) is 26.6. The Morgan fingerprint density at radius 1 is 0.842 bits per heavy atom. The number of thiophene rings is 1. The molecular formula is C27H28ClN5O4S. The fourth-order valence-electron chi connectivity index (χ4n) is 4.94. The summed E-state index contributed by atoms with van der Waals surface area (Å²) in [6.45, 7) is 0.530. The molecule has 0 radical (unpaired) electrons. The van der Waals surface area contributed by atoms with Crippen LogP contribution in [-0.4, -0.2) is 58.5 Å². The highest BCUT2D eigenvalue weighted by molar-refractivity contribution is 7.18. The largest absolute Gasteiger partial charge is 0.345 e. The van der Waals surface area contributed by atoms with E-state index in [2.05, 4.69) is 16.0 Å². The summed E-state index contributed by atoms with van der Waals surface area (Å²) in [5.74, 6) is -0.639. The van der Waals surface area contributed by atoms with Gasteiger partial charge in [0.15, 0.2) is 0 Å². The van der Waals surface area contributed by atoms with Crippen molar-refractivity contribution in [2.75, 3.05) is 13.1 Å². The fourth-order valence-corrected chi connectivity index (χ4v) is 5.89. The summed E-state index contributed by atoms with van der Waals surface area (Å²) in [7, 11) is 0. The van der Waals surface area contributed by atoms with Crippen LogP contribution in [0, 0.1) is 0 Å². The fraction of sp³-hybridized carbons (Fsp3) is 0.333. The van der Waals surface area contributed by atoms with Gasteiger partial charge in [-0.1, -0.05) is 30.5 Å². The first-order chi connectivity index (χ1) is 18.4. The number of urea groups is 1. The maximum atomic E-state index is 13.1. The van der Waals surface area contributed by atoms with Gasteiger partial charge >= 0.3 is 6.03 Å². The molecule has 2 atom stereocenters. The van der Waals surface area contributed by atoms with Gasteiger partial charge in [0.2, 0.25) is 0 Å². The van der Waals surface area contributed by atoms with E-state index in [0.717, 1.165) is 25.7 Å². The molecule has 2 aromatic heterocycles. The lowest BCUT2D eigenvalue weighted by molar-refractivity contribution is 0.0898.